The van der Waals surface area contributed by atoms with Crippen molar-refractivity contribution in [3.8, 4) is 0 Å². The summed E-state index contributed by atoms with van der Waals surface area (Å²) in [7, 11) is -2.63. The zero-order valence-corrected chi connectivity index (χ0v) is 21.3. The summed E-state index contributed by atoms with van der Waals surface area (Å²) in [6.07, 6.45) is 0.308. The van der Waals surface area contributed by atoms with Crippen LogP contribution in [0.25, 0.3) is 0 Å². The number of carbonyl (C=O) groups excluding carboxylic acids is 2. The Hall–Kier alpha value is -3.72. The van der Waals surface area contributed by atoms with Gasteiger partial charge < -0.3 is 10.2 Å². The summed E-state index contributed by atoms with van der Waals surface area (Å²) in [4.78, 5) is 27.8. The van der Waals surface area contributed by atoms with Crippen molar-refractivity contribution in [1.82, 2.24) is 10.2 Å². The van der Waals surface area contributed by atoms with Gasteiger partial charge in [-0.25, -0.2) is 12.8 Å². The second-order valence-electron chi connectivity index (χ2n) is 8.30. The molecule has 0 aliphatic carbocycles. The number of sulfonamides is 1. The lowest BCUT2D eigenvalue weighted by Gasteiger charge is -2.33. The molecule has 2 amide bonds. The van der Waals surface area contributed by atoms with Crippen molar-refractivity contribution in [2.45, 2.75) is 37.8 Å². The summed E-state index contributed by atoms with van der Waals surface area (Å²) in [6, 6.07) is 19.6. The van der Waals surface area contributed by atoms with E-state index >= 15 is 0 Å². The summed E-state index contributed by atoms with van der Waals surface area (Å²) < 4.78 is 41.9. The number of likely N-dealkylation sites (N-methyl/N-ethyl adjacent to an activating group) is 1. The highest BCUT2D eigenvalue weighted by molar-refractivity contribution is 7.92. The number of benzene rings is 3. The van der Waals surface area contributed by atoms with E-state index in [2.05, 4.69) is 5.32 Å². The van der Waals surface area contributed by atoms with Crippen LogP contribution in [0.2, 0.25) is 0 Å². The Bertz CT molecular complexity index is 1300. The Kier molecular flexibility index (Phi) is 8.82. The lowest BCUT2D eigenvalue weighted by atomic mass is 10.1. The van der Waals surface area contributed by atoms with Gasteiger partial charge in [0.05, 0.1) is 10.6 Å². The highest BCUT2D eigenvalue weighted by Crippen LogP contribution is 2.27. The fraction of sp³-hybridized carbons (Fsp3) is 0.259. The third-order valence-electron chi connectivity index (χ3n) is 5.89. The molecule has 190 valence electrons. The molecule has 1 N–H and O–H groups in total. The van der Waals surface area contributed by atoms with Gasteiger partial charge in [0.25, 0.3) is 10.0 Å². The molecule has 3 rings (SSSR count). The average molecular weight is 512 g/mol. The first-order valence-electron chi connectivity index (χ1n) is 11.6. The number of hydrogen-bond acceptors (Lipinski definition) is 4. The van der Waals surface area contributed by atoms with Gasteiger partial charge in [0.15, 0.2) is 0 Å². The van der Waals surface area contributed by atoms with E-state index in [-0.39, 0.29) is 17.3 Å². The molecule has 0 spiro atoms. The molecule has 0 fully saturated rings. The third kappa shape index (κ3) is 6.09. The number of nitrogens with one attached hydrogen (secondary N) is 1. The van der Waals surface area contributed by atoms with E-state index in [1.165, 1.54) is 48.3 Å². The van der Waals surface area contributed by atoms with Gasteiger partial charge >= 0.3 is 0 Å². The van der Waals surface area contributed by atoms with Crippen molar-refractivity contribution in [3.05, 3.63) is 95.8 Å². The van der Waals surface area contributed by atoms with Gasteiger partial charge in [-0.2, -0.15) is 0 Å². The highest BCUT2D eigenvalue weighted by Gasteiger charge is 2.33. The SMILES string of the molecule is CC[C@@H](C(=O)NC)N(Cc1ccc(F)cc1)C(=O)CN(c1ccccc1C)S(=O)(=O)c1ccccc1. The van der Waals surface area contributed by atoms with Crippen LogP contribution >= 0.6 is 0 Å². The van der Waals surface area contributed by atoms with Crippen LogP contribution in [0.5, 0.6) is 0 Å². The smallest absolute Gasteiger partial charge is 0.264 e. The summed E-state index contributed by atoms with van der Waals surface area (Å²) in [5.41, 5.74) is 1.65. The summed E-state index contributed by atoms with van der Waals surface area (Å²) in [5.74, 6) is -1.35. The Morgan fingerprint density at radius 3 is 2.14 bits per heavy atom. The van der Waals surface area contributed by atoms with Crippen molar-refractivity contribution in [1.29, 1.82) is 0 Å². The van der Waals surface area contributed by atoms with Crippen LogP contribution in [0.4, 0.5) is 10.1 Å². The molecular weight excluding hydrogens is 481 g/mol. The van der Waals surface area contributed by atoms with Gasteiger partial charge in [0, 0.05) is 13.6 Å². The lowest BCUT2D eigenvalue weighted by molar-refractivity contribution is -0.140. The monoisotopic (exact) mass is 511 g/mol. The van der Waals surface area contributed by atoms with Crippen LogP contribution in [0, 0.1) is 12.7 Å². The summed E-state index contributed by atoms with van der Waals surface area (Å²) >= 11 is 0. The van der Waals surface area contributed by atoms with Crippen LogP contribution in [-0.2, 0) is 26.2 Å². The Morgan fingerprint density at radius 2 is 1.56 bits per heavy atom. The maximum atomic E-state index is 13.8. The molecule has 7 nitrogen and oxygen atoms in total. The molecule has 0 bridgehead atoms. The second kappa shape index (κ2) is 11.8. The molecule has 0 heterocycles. The Balaban J connectivity index is 2.05. The Labute approximate surface area is 211 Å². The van der Waals surface area contributed by atoms with Gasteiger partial charge in [-0.15, -0.1) is 0 Å². The average Bonchev–Trinajstić information content (AvgIpc) is 2.89. The third-order valence-corrected chi connectivity index (χ3v) is 7.67. The molecule has 36 heavy (non-hydrogen) atoms. The summed E-state index contributed by atoms with van der Waals surface area (Å²) in [6.45, 7) is 3.03. The molecule has 3 aromatic carbocycles. The highest BCUT2D eigenvalue weighted by atomic mass is 32.2. The predicted molar refractivity (Wildman–Crippen MR) is 137 cm³/mol. The fourth-order valence-corrected chi connectivity index (χ4v) is 5.45. The first-order valence-corrected chi connectivity index (χ1v) is 13.0. The van der Waals surface area contributed by atoms with E-state index in [9.17, 15) is 22.4 Å². The number of nitrogens with zero attached hydrogens (tertiary/aromatic N) is 2. The number of halogens is 1. The quantitative estimate of drug-likeness (QED) is 0.448. The normalized spacial score (nSPS) is 12.0. The van der Waals surface area contributed by atoms with Crippen molar-refractivity contribution in [2.24, 2.45) is 0 Å². The van der Waals surface area contributed by atoms with Crippen LogP contribution in [-0.4, -0.2) is 44.8 Å². The van der Waals surface area contributed by atoms with Crippen molar-refractivity contribution in [3.63, 3.8) is 0 Å². The minimum absolute atomic E-state index is 0.0119. The zero-order chi connectivity index (χ0) is 26.3. The van der Waals surface area contributed by atoms with E-state index in [1.807, 2.05) is 0 Å². The molecule has 0 saturated carbocycles. The second-order valence-corrected chi connectivity index (χ2v) is 10.2. The zero-order valence-electron chi connectivity index (χ0n) is 20.5. The first-order chi connectivity index (χ1) is 17.2. The predicted octanol–water partition coefficient (Wildman–Crippen LogP) is 3.88. The van der Waals surface area contributed by atoms with Crippen LogP contribution in [0.3, 0.4) is 0 Å². The maximum absolute atomic E-state index is 13.8. The van der Waals surface area contributed by atoms with Crippen molar-refractivity contribution < 1.29 is 22.4 Å². The number of carbonyl (C=O) groups is 2. The summed E-state index contributed by atoms with van der Waals surface area (Å²) in [5, 5.41) is 2.57. The lowest BCUT2D eigenvalue weighted by Crippen LogP contribution is -2.51. The van der Waals surface area contributed by atoms with Crippen LogP contribution < -0.4 is 9.62 Å². The van der Waals surface area contributed by atoms with E-state index in [1.54, 1.807) is 56.3 Å². The minimum atomic E-state index is -4.11. The number of anilines is 1. The molecule has 0 aliphatic rings. The first kappa shape index (κ1) is 26.9. The topological polar surface area (TPSA) is 86.8 Å². The van der Waals surface area contributed by atoms with Crippen molar-refractivity contribution >= 4 is 27.5 Å². The number of para-hydroxylation sites is 1. The van der Waals surface area contributed by atoms with Crippen LogP contribution in [0.15, 0.2) is 83.8 Å². The minimum Gasteiger partial charge on any atom is -0.357 e. The van der Waals surface area contributed by atoms with E-state index in [0.717, 1.165) is 4.31 Å². The standard InChI is InChI=1S/C27H30FN3O4S/c1-4-24(27(33)29-3)30(18-21-14-16-22(28)17-15-21)26(32)19-31(25-13-9-8-10-20(25)2)36(34,35)23-11-6-5-7-12-23/h5-17,24H,4,18-19H2,1-3H3,(H,29,33)/t24-/m0/s1. The van der Waals surface area contributed by atoms with E-state index in [4.69, 9.17) is 0 Å². The van der Waals surface area contributed by atoms with Gasteiger partial charge in [0.1, 0.15) is 18.4 Å². The molecule has 9 heteroatoms. The van der Waals surface area contributed by atoms with Gasteiger partial charge in [-0.1, -0.05) is 55.5 Å². The molecular formula is C27H30FN3O4S. The maximum Gasteiger partial charge on any atom is 0.264 e. The number of hydrogen-bond donors (Lipinski definition) is 1. The number of rotatable bonds is 10. The Morgan fingerprint density at radius 1 is 0.944 bits per heavy atom. The molecule has 3 aromatic rings. The molecule has 0 saturated heterocycles. The van der Waals surface area contributed by atoms with Crippen molar-refractivity contribution in [2.75, 3.05) is 17.9 Å². The molecule has 0 aromatic heterocycles. The fourth-order valence-electron chi connectivity index (χ4n) is 3.95. The molecule has 0 aliphatic heterocycles. The molecule has 0 unspecified atom stereocenters. The largest absolute Gasteiger partial charge is 0.357 e. The van der Waals surface area contributed by atoms with E-state index in [0.29, 0.717) is 23.2 Å². The number of amides is 2. The molecule has 1 atom stereocenters. The number of aryl methyl sites for hydroxylation is 1. The van der Waals surface area contributed by atoms with Gasteiger partial charge in [0.2, 0.25) is 11.8 Å². The van der Waals surface area contributed by atoms with E-state index < -0.39 is 34.3 Å². The van der Waals surface area contributed by atoms with Gasteiger partial charge in [-0.3, -0.25) is 13.9 Å². The molecule has 0 radical (unpaired) electrons. The van der Waals surface area contributed by atoms with Gasteiger partial charge in [-0.05, 0) is 54.8 Å². The van der Waals surface area contributed by atoms with Crippen LogP contribution in [0.1, 0.15) is 24.5 Å².